The van der Waals surface area contributed by atoms with Crippen LogP contribution in [0, 0.1) is 18.3 Å². The molecule has 1 N–H and O–H groups in total. The molecule has 84 valence electrons. The molecule has 1 aliphatic rings. The van der Waals surface area contributed by atoms with E-state index in [9.17, 15) is 5.11 Å². The molecule has 1 aliphatic heterocycles. The van der Waals surface area contributed by atoms with Gasteiger partial charge in [-0.25, -0.2) is 0 Å². The van der Waals surface area contributed by atoms with Crippen LogP contribution in [0.5, 0.6) is 0 Å². The molecule has 0 bridgehead atoms. The van der Waals surface area contributed by atoms with Gasteiger partial charge in [0, 0.05) is 12.8 Å². The van der Waals surface area contributed by atoms with E-state index < -0.39 is 6.29 Å². The van der Waals surface area contributed by atoms with Crippen molar-refractivity contribution in [1.29, 1.82) is 0 Å². The van der Waals surface area contributed by atoms with Crippen molar-refractivity contribution in [2.45, 2.75) is 51.9 Å². The van der Waals surface area contributed by atoms with Crippen LogP contribution in [0.15, 0.2) is 11.6 Å². The molecule has 2 heteroatoms. The lowest BCUT2D eigenvalue weighted by Gasteiger charge is -2.32. The first-order chi connectivity index (χ1) is 7.17. The smallest absolute Gasteiger partial charge is 0.155 e. The Morgan fingerprint density at radius 3 is 2.87 bits per heavy atom. The summed E-state index contributed by atoms with van der Waals surface area (Å²) in [6, 6.07) is 0. The summed E-state index contributed by atoms with van der Waals surface area (Å²) in [4.78, 5) is 0. The van der Waals surface area contributed by atoms with Crippen molar-refractivity contribution >= 4 is 0 Å². The van der Waals surface area contributed by atoms with E-state index in [1.807, 2.05) is 13.8 Å². The van der Waals surface area contributed by atoms with Gasteiger partial charge in [0.2, 0.25) is 0 Å². The zero-order valence-corrected chi connectivity index (χ0v) is 9.57. The van der Waals surface area contributed by atoms with Crippen LogP contribution in [0.1, 0.15) is 39.5 Å². The van der Waals surface area contributed by atoms with Gasteiger partial charge in [0.25, 0.3) is 0 Å². The van der Waals surface area contributed by atoms with Crippen LogP contribution < -0.4 is 0 Å². The Labute approximate surface area is 92.3 Å². The molecule has 0 spiro atoms. The zero-order valence-electron chi connectivity index (χ0n) is 9.57. The molecule has 0 aromatic carbocycles. The Morgan fingerprint density at radius 2 is 2.33 bits per heavy atom. The second-order valence-corrected chi connectivity index (χ2v) is 4.14. The van der Waals surface area contributed by atoms with Crippen molar-refractivity contribution in [2.24, 2.45) is 5.92 Å². The van der Waals surface area contributed by atoms with Crippen LogP contribution in [0.25, 0.3) is 0 Å². The monoisotopic (exact) mass is 208 g/mol. The molecular weight excluding hydrogens is 188 g/mol. The number of aliphatic hydroxyl groups excluding tert-OH is 1. The second-order valence-electron chi connectivity index (χ2n) is 4.14. The Kier molecular flexibility index (Phi) is 4.87. The number of hydrogen-bond acceptors (Lipinski definition) is 2. The van der Waals surface area contributed by atoms with Crippen LogP contribution in [-0.2, 0) is 4.74 Å². The van der Waals surface area contributed by atoms with Crippen molar-refractivity contribution in [2.75, 3.05) is 0 Å². The van der Waals surface area contributed by atoms with Crippen molar-refractivity contribution in [3.05, 3.63) is 11.6 Å². The quantitative estimate of drug-likeness (QED) is 0.570. The van der Waals surface area contributed by atoms with E-state index in [1.165, 1.54) is 5.57 Å². The third-order valence-corrected chi connectivity index (χ3v) is 2.95. The lowest BCUT2D eigenvalue weighted by Crippen LogP contribution is -2.31. The second kappa shape index (κ2) is 5.95. The summed E-state index contributed by atoms with van der Waals surface area (Å²) >= 11 is 0. The molecule has 1 heterocycles. The van der Waals surface area contributed by atoms with Gasteiger partial charge >= 0.3 is 0 Å². The van der Waals surface area contributed by atoms with Gasteiger partial charge in [-0.15, -0.1) is 12.3 Å². The molecule has 0 aromatic heterocycles. The molecule has 1 rings (SSSR count). The first-order valence-electron chi connectivity index (χ1n) is 5.59. The third-order valence-electron chi connectivity index (χ3n) is 2.95. The van der Waals surface area contributed by atoms with Crippen LogP contribution >= 0.6 is 0 Å². The molecular formula is C13H20O2. The largest absolute Gasteiger partial charge is 0.368 e. The number of terminal acetylenes is 1. The summed E-state index contributed by atoms with van der Waals surface area (Å²) in [5.41, 5.74) is 1.36. The number of hydrogen-bond donors (Lipinski definition) is 1. The lowest BCUT2D eigenvalue weighted by atomic mass is 9.85. The maximum absolute atomic E-state index is 9.53. The average molecular weight is 208 g/mol. The molecule has 0 saturated carbocycles. The fraction of sp³-hybridized carbons (Fsp3) is 0.692. The Bertz CT molecular complexity index is 252. The van der Waals surface area contributed by atoms with Crippen molar-refractivity contribution in [3.63, 3.8) is 0 Å². The summed E-state index contributed by atoms with van der Waals surface area (Å²) in [5, 5.41) is 9.53. The molecule has 2 nitrogen and oxygen atoms in total. The zero-order chi connectivity index (χ0) is 11.3. The van der Waals surface area contributed by atoms with E-state index in [2.05, 4.69) is 12.0 Å². The average Bonchev–Trinajstić information content (AvgIpc) is 2.17. The summed E-state index contributed by atoms with van der Waals surface area (Å²) in [5.74, 6) is 3.09. The fourth-order valence-corrected chi connectivity index (χ4v) is 2.22. The maximum atomic E-state index is 9.53. The van der Waals surface area contributed by atoms with Crippen molar-refractivity contribution in [1.82, 2.24) is 0 Å². The van der Waals surface area contributed by atoms with E-state index in [0.717, 1.165) is 19.3 Å². The number of allylic oxidation sites excluding steroid dienone is 2. The van der Waals surface area contributed by atoms with Gasteiger partial charge in [-0.2, -0.15) is 0 Å². The van der Waals surface area contributed by atoms with Gasteiger partial charge < -0.3 is 9.84 Å². The molecule has 1 fully saturated rings. The van der Waals surface area contributed by atoms with Gasteiger partial charge in [0.1, 0.15) is 0 Å². The van der Waals surface area contributed by atoms with Crippen LogP contribution in [0.2, 0.25) is 0 Å². The molecule has 0 aromatic rings. The van der Waals surface area contributed by atoms with Crippen LogP contribution in [0.3, 0.4) is 0 Å². The van der Waals surface area contributed by atoms with Gasteiger partial charge in [-0.1, -0.05) is 11.6 Å². The van der Waals surface area contributed by atoms with Crippen molar-refractivity contribution < 1.29 is 9.84 Å². The van der Waals surface area contributed by atoms with E-state index in [4.69, 9.17) is 11.2 Å². The van der Waals surface area contributed by atoms with E-state index in [0.29, 0.717) is 12.3 Å². The normalized spacial score (nSPS) is 32.4. The predicted octanol–water partition coefficient (Wildman–Crippen LogP) is 2.48. The highest BCUT2D eigenvalue weighted by Gasteiger charge is 2.27. The SMILES string of the molecule is C#CCC/C(=C\C)C1CC(C)OC(O)C1. The Hall–Kier alpha value is -0.780. The summed E-state index contributed by atoms with van der Waals surface area (Å²) in [6.07, 6.45) is 10.3. The standard InChI is InChI=1S/C13H20O2/c1-4-6-7-11(5-2)12-8-10(3)15-13(14)9-12/h1,5,10,12-14H,6-9H2,2-3H3/b11-5+. The van der Waals surface area contributed by atoms with Crippen LogP contribution in [0.4, 0.5) is 0 Å². The highest BCUT2D eigenvalue weighted by Crippen LogP contribution is 2.31. The highest BCUT2D eigenvalue weighted by molar-refractivity contribution is 5.09. The first-order valence-corrected chi connectivity index (χ1v) is 5.59. The minimum Gasteiger partial charge on any atom is -0.368 e. The summed E-state index contributed by atoms with van der Waals surface area (Å²) in [7, 11) is 0. The molecule has 0 radical (unpaired) electrons. The molecule has 0 amide bonds. The lowest BCUT2D eigenvalue weighted by molar-refractivity contribution is -0.167. The minimum atomic E-state index is -0.612. The molecule has 15 heavy (non-hydrogen) atoms. The number of rotatable bonds is 3. The molecule has 3 unspecified atom stereocenters. The van der Waals surface area contributed by atoms with Crippen LogP contribution in [-0.4, -0.2) is 17.5 Å². The van der Waals surface area contributed by atoms with E-state index in [1.54, 1.807) is 0 Å². The third kappa shape index (κ3) is 3.70. The van der Waals surface area contributed by atoms with E-state index >= 15 is 0 Å². The van der Waals surface area contributed by atoms with Gasteiger partial charge in [-0.05, 0) is 32.6 Å². The minimum absolute atomic E-state index is 0.138. The molecule has 3 atom stereocenters. The summed E-state index contributed by atoms with van der Waals surface area (Å²) < 4.78 is 5.30. The molecule has 0 aliphatic carbocycles. The number of ether oxygens (including phenoxy) is 1. The Balaban J connectivity index is 2.56. The maximum Gasteiger partial charge on any atom is 0.155 e. The fourth-order valence-electron chi connectivity index (χ4n) is 2.22. The van der Waals surface area contributed by atoms with Crippen molar-refractivity contribution in [3.8, 4) is 12.3 Å². The number of aliphatic hydroxyl groups is 1. The topological polar surface area (TPSA) is 29.5 Å². The Morgan fingerprint density at radius 1 is 1.60 bits per heavy atom. The van der Waals surface area contributed by atoms with Gasteiger partial charge in [0.05, 0.1) is 6.10 Å². The first kappa shape index (κ1) is 12.3. The molecule has 1 saturated heterocycles. The van der Waals surface area contributed by atoms with Gasteiger partial charge in [-0.3, -0.25) is 0 Å². The predicted molar refractivity (Wildman–Crippen MR) is 61.1 cm³/mol. The van der Waals surface area contributed by atoms with E-state index in [-0.39, 0.29) is 6.10 Å². The highest BCUT2D eigenvalue weighted by atomic mass is 16.6. The van der Waals surface area contributed by atoms with Gasteiger partial charge in [0.15, 0.2) is 6.29 Å². The summed E-state index contributed by atoms with van der Waals surface area (Å²) in [6.45, 7) is 4.04.